The van der Waals surface area contributed by atoms with Gasteiger partial charge in [-0.2, -0.15) is 10.2 Å². The van der Waals surface area contributed by atoms with E-state index in [1.54, 1.807) is 12.4 Å². The summed E-state index contributed by atoms with van der Waals surface area (Å²) in [5.74, 6) is 0.426. The Bertz CT molecular complexity index is 757. The van der Waals surface area contributed by atoms with E-state index in [1.807, 2.05) is 29.5 Å². The largest absolute Gasteiger partial charge is 0.354 e. The minimum Gasteiger partial charge on any atom is -0.354 e. The minimum atomic E-state index is 0.0220. The van der Waals surface area contributed by atoms with Crippen LogP contribution in [0.15, 0.2) is 18.5 Å². The van der Waals surface area contributed by atoms with E-state index in [4.69, 9.17) is 0 Å². The summed E-state index contributed by atoms with van der Waals surface area (Å²) >= 11 is 0. The van der Waals surface area contributed by atoms with Crippen LogP contribution in [0.4, 0.5) is 0 Å². The fourth-order valence-electron chi connectivity index (χ4n) is 3.35. The van der Waals surface area contributed by atoms with E-state index in [-0.39, 0.29) is 11.8 Å². The van der Waals surface area contributed by atoms with E-state index >= 15 is 0 Å². The summed E-state index contributed by atoms with van der Waals surface area (Å²) in [7, 11) is 0. The molecule has 2 aromatic heterocycles. The molecule has 8 heteroatoms. The van der Waals surface area contributed by atoms with Crippen molar-refractivity contribution in [3.05, 3.63) is 35.4 Å². The first-order valence-corrected chi connectivity index (χ1v) is 9.09. The molecule has 2 N–H and O–H groups in total. The maximum absolute atomic E-state index is 12.5. The Hall–Kier alpha value is -2.64. The van der Waals surface area contributed by atoms with Gasteiger partial charge in [0.05, 0.1) is 18.3 Å². The highest BCUT2D eigenvalue weighted by Crippen LogP contribution is 2.22. The summed E-state index contributed by atoms with van der Waals surface area (Å²) in [5.41, 5.74) is 2.52. The smallest absolute Gasteiger partial charge is 0.257 e. The Kier molecular flexibility index (Phi) is 5.70. The molecule has 0 saturated carbocycles. The molecule has 2 aromatic rings. The standard InChI is InChI=1S/C18H26N6O2/c1-13-3-6-21-24(13)10-7-19-17(25)11-15-4-8-23(9-5-15)18(26)16-12-20-22-14(16)2/h3,6,12,15H,4-5,7-11H2,1-2H3,(H,19,25)(H,20,22). The Morgan fingerprint density at radius 1 is 1.31 bits per heavy atom. The van der Waals surface area contributed by atoms with Crippen LogP contribution in [0.3, 0.4) is 0 Å². The third-order valence-electron chi connectivity index (χ3n) is 5.01. The van der Waals surface area contributed by atoms with E-state index in [1.165, 1.54) is 0 Å². The Morgan fingerprint density at radius 2 is 2.08 bits per heavy atom. The van der Waals surface area contributed by atoms with Gasteiger partial charge in [-0.05, 0) is 38.7 Å². The molecule has 1 saturated heterocycles. The number of piperidine rings is 1. The Balaban J connectivity index is 1.38. The number of carbonyl (C=O) groups is 2. The summed E-state index contributed by atoms with van der Waals surface area (Å²) in [6, 6.07) is 1.95. The number of aryl methyl sites for hydroxylation is 2. The van der Waals surface area contributed by atoms with Gasteiger partial charge in [0.1, 0.15) is 0 Å². The third kappa shape index (κ3) is 4.30. The third-order valence-corrected chi connectivity index (χ3v) is 5.01. The van der Waals surface area contributed by atoms with Crippen LogP contribution in [0.25, 0.3) is 0 Å². The zero-order chi connectivity index (χ0) is 18.5. The topological polar surface area (TPSA) is 95.9 Å². The van der Waals surface area contributed by atoms with E-state index < -0.39 is 0 Å². The number of rotatable bonds is 6. The second-order valence-electron chi connectivity index (χ2n) is 6.89. The van der Waals surface area contributed by atoms with Crippen LogP contribution < -0.4 is 5.32 Å². The molecule has 0 radical (unpaired) electrons. The maximum Gasteiger partial charge on any atom is 0.257 e. The number of nitrogens with zero attached hydrogens (tertiary/aromatic N) is 4. The van der Waals surface area contributed by atoms with Gasteiger partial charge in [0.2, 0.25) is 5.91 Å². The zero-order valence-electron chi connectivity index (χ0n) is 15.4. The van der Waals surface area contributed by atoms with Crippen LogP contribution in [0.1, 0.15) is 41.0 Å². The highest BCUT2D eigenvalue weighted by molar-refractivity contribution is 5.95. The normalized spacial score (nSPS) is 15.2. The van der Waals surface area contributed by atoms with Crippen LogP contribution >= 0.6 is 0 Å². The second-order valence-corrected chi connectivity index (χ2v) is 6.89. The summed E-state index contributed by atoms with van der Waals surface area (Å²) in [6.45, 7) is 6.48. The molecule has 1 aliphatic rings. The van der Waals surface area contributed by atoms with Crippen molar-refractivity contribution in [3.63, 3.8) is 0 Å². The van der Waals surface area contributed by atoms with Gasteiger partial charge < -0.3 is 10.2 Å². The lowest BCUT2D eigenvalue weighted by Crippen LogP contribution is -2.40. The predicted molar refractivity (Wildman–Crippen MR) is 96.5 cm³/mol. The van der Waals surface area contributed by atoms with Gasteiger partial charge in [-0.3, -0.25) is 19.4 Å². The molecule has 0 spiro atoms. The molecule has 26 heavy (non-hydrogen) atoms. The molecule has 140 valence electrons. The average molecular weight is 358 g/mol. The van der Waals surface area contributed by atoms with Gasteiger partial charge >= 0.3 is 0 Å². The fourth-order valence-corrected chi connectivity index (χ4v) is 3.35. The molecule has 8 nitrogen and oxygen atoms in total. The predicted octanol–water partition coefficient (Wildman–Crippen LogP) is 1.28. The summed E-state index contributed by atoms with van der Waals surface area (Å²) < 4.78 is 1.88. The van der Waals surface area contributed by atoms with Crippen LogP contribution in [0.5, 0.6) is 0 Å². The number of aromatic nitrogens is 4. The van der Waals surface area contributed by atoms with Crippen molar-refractivity contribution in [1.29, 1.82) is 0 Å². The van der Waals surface area contributed by atoms with E-state index in [9.17, 15) is 9.59 Å². The molecule has 0 unspecified atom stereocenters. The minimum absolute atomic E-state index is 0.0220. The van der Waals surface area contributed by atoms with Crippen molar-refractivity contribution in [1.82, 2.24) is 30.2 Å². The second kappa shape index (κ2) is 8.16. The van der Waals surface area contributed by atoms with Crippen LogP contribution in [-0.2, 0) is 11.3 Å². The number of hydrogen-bond donors (Lipinski definition) is 2. The molecular formula is C18H26N6O2. The summed E-state index contributed by atoms with van der Waals surface area (Å²) in [5, 5.41) is 13.9. The van der Waals surface area contributed by atoms with Crippen molar-refractivity contribution in [2.45, 2.75) is 39.7 Å². The fraction of sp³-hybridized carbons (Fsp3) is 0.556. The van der Waals surface area contributed by atoms with Crippen molar-refractivity contribution in [2.75, 3.05) is 19.6 Å². The van der Waals surface area contributed by atoms with Gasteiger partial charge in [-0.15, -0.1) is 0 Å². The van der Waals surface area contributed by atoms with E-state index in [2.05, 4.69) is 20.6 Å². The highest BCUT2D eigenvalue weighted by atomic mass is 16.2. The van der Waals surface area contributed by atoms with Gasteiger partial charge in [-0.25, -0.2) is 0 Å². The molecule has 1 fully saturated rings. The Labute approximate surface area is 152 Å². The van der Waals surface area contributed by atoms with Crippen LogP contribution in [-0.4, -0.2) is 56.3 Å². The average Bonchev–Trinajstić information content (AvgIpc) is 3.23. The van der Waals surface area contributed by atoms with Crippen LogP contribution in [0, 0.1) is 19.8 Å². The van der Waals surface area contributed by atoms with Crippen molar-refractivity contribution in [3.8, 4) is 0 Å². The van der Waals surface area contributed by atoms with Gasteiger partial charge in [0.25, 0.3) is 5.91 Å². The van der Waals surface area contributed by atoms with Crippen LogP contribution in [0.2, 0.25) is 0 Å². The molecule has 2 amide bonds. The van der Waals surface area contributed by atoms with E-state index in [0.717, 1.165) is 24.2 Å². The number of amides is 2. The number of H-pyrrole nitrogens is 1. The molecule has 3 heterocycles. The number of carbonyl (C=O) groups excluding carboxylic acids is 2. The quantitative estimate of drug-likeness (QED) is 0.813. The zero-order valence-corrected chi connectivity index (χ0v) is 15.4. The first-order valence-electron chi connectivity index (χ1n) is 9.09. The lowest BCUT2D eigenvalue weighted by molar-refractivity contribution is -0.122. The first-order chi connectivity index (χ1) is 12.5. The highest BCUT2D eigenvalue weighted by Gasteiger charge is 2.26. The lowest BCUT2D eigenvalue weighted by Gasteiger charge is -2.31. The van der Waals surface area contributed by atoms with Crippen molar-refractivity contribution < 1.29 is 9.59 Å². The molecule has 1 aliphatic heterocycles. The molecule has 0 atom stereocenters. The van der Waals surface area contributed by atoms with Gasteiger partial charge in [-0.1, -0.05) is 0 Å². The van der Waals surface area contributed by atoms with Gasteiger partial charge in [0, 0.05) is 43.6 Å². The number of aromatic amines is 1. The van der Waals surface area contributed by atoms with Crippen molar-refractivity contribution >= 4 is 11.8 Å². The van der Waals surface area contributed by atoms with Crippen molar-refractivity contribution in [2.24, 2.45) is 5.92 Å². The van der Waals surface area contributed by atoms with E-state index in [0.29, 0.717) is 44.1 Å². The summed E-state index contributed by atoms with van der Waals surface area (Å²) in [4.78, 5) is 26.5. The number of hydrogen-bond acceptors (Lipinski definition) is 4. The SMILES string of the molecule is Cc1[nH]ncc1C(=O)N1CCC(CC(=O)NCCn2nccc2C)CC1. The lowest BCUT2D eigenvalue weighted by atomic mass is 9.93. The monoisotopic (exact) mass is 358 g/mol. The number of likely N-dealkylation sites (tertiary alicyclic amines) is 1. The molecule has 0 aliphatic carbocycles. The number of nitrogens with one attached hydrogen (secondary N) is 2. The maximum atomic E-state index is 12.5. The molecule has 3 rings (SSSR count). The summed E-state index contributed by atoms with van der Waals surface area (Å²) in [6.07, 6.45) is 5.57. The molecular weight excluding hydrogens is 332 g/mol. The first kappa shape index (κ1) is 18.2. The molecule has 0 bridgehead atoms. The van der Waals surface area contributed by atoms with Gasteiger partial charge in [0.15, 0.2) is 0 Å². The Morgan fingerprint density at radius 3 is 2.69 bits per heavy atom. The molecule has 0 aromatic carbocycles.